The van der Waals surface area contributed by atoms with Crippen molar-refractivity contribution in [2.75, 3.05) is 24.6 Å². The molecule has 5 aliphatic heterocycles. The zero-order chi connectivity index (χ0) is 33.9. The van der Waals surface area contributed by atoms with E-state index >= 15 is 0 Å². The molecule has 0 amide bonds. The summed E-state index contributed by atoms with van der Waals surface area (Å²) in [6.45, 7) is 16.3. The molecule has 1 unspecified atom stereocenters. The van der Waals surface area contributed by atoms with Gasteiger partial charge in [0, 0.05) is 47.0 Å². The van der Waals surface area contributed by atoms with Gasteiger partial charge in [-0.25, -0.2) is 0 Å². The molecule has 1 aliphatic carbocycles. The molecule has 0 N–H and O–H groups in total. The first kappa shape index (κ1) is 31.1. The molecule has 0 saturated carbocycles. The van der Waals surface area contributed by atoms with Crippen molar-refractivity contribution < 1.29 is 18.8 Å². The molecule has 0 bridgehead atoms. The average Bonchev–Trinajstić information content (AvgIpc) is 3.47. The lowest BCUT2D eigenvalue weighted by atomic mass is 9.67. The van der Waals surface area contributed by atoms with E-state index in [-0.39, 0.29) is 34.4 Å². The maximum Gasteiger partial charge on any atom is 0.305 e. The highest BCUT2D eigenvalue weighted by Crippen LogP contribution is 2.58. The summed E-state index contributed by atoms with van der Waals surface area (Å²) in [5.74, 6) is 0.367. The Kier molecular flexibility index (Phi) is 6.82. The summed E-state index contributed by atoms with van der Waals surface area (Å²) >= 11 is 0. The molecule has 5 heteroatoms. The van der Waals surface area contributed by atoms with Gasteiger partial charge in [0.25, 0.3) is 0 Å². The number of nitrogens with zero attached hydrogens (tertiary/aromatic N) is 2. The normalized spacial score (nSPS) is 28.4. The standard InChI is InChI=1S/C44H49N2O3/c1-7-48-37(47)17-12-21-44(6)33-15-10-11-16-34(33)45-22-20-28-25-36-29(23-31(28)40(44)45)24-32-39-43(4,5)38-30-14-9-8-13-27(30)18-19-35(38)46(39)26-42(2,3)41(32)49-36/h8-11,13-16,18-19,23-24,28,36,41H,7,12,17,20-22,25-26H2,1-6H3/q+1/t28-,36+,41+,44?/m0/s1. The molecule has 0 saturated heterocycles. The van der Waals surface area contributed by atoms with Gasteiger partial charge in [-0.05, 0) is 105 Å². The maximum absolute atomic E-state index is 12.4. The molecular weight excluding hydrogens is 604 g/mol. The van der Waals surface area contributed by atoms with Crippen molar-refractivity contribution in [3.8, 4) is 0 Å². The molecule has 0 spiro atoms. The van der Waals surface area contributed by atoms with Crippen LogP contribution in [0.2, 0.25) is 0 Å². The zero-order valence-corrected chi connectivity index (χ0v) is 29.9. The number of anilines is 1. The van der Waals surface area contributed by atoms with E-state index < -0.39 is 0 Å². The lowest BCUT2D eigenvalue weighted by Gasteiger charge is -2.47. The monoisotopic (exact) mass is 653 g/mol. The van der Waals surface area contributed by atoms with Crippen LogP contribution in [-0.2, 0) is 25.1 Å². The number of ether oxygens (including phenoxy) is 2. The van der Waals surface area contributed by atoms with Gasteiger partial charge in [-0.3, -0.25) is 4.79 Å². The summed E-state index contributed by atoms with van der Waals surface area (Å²) in [6, 6.07) is 22.5. The lowest BCUT2D eigenvalue weighted by Crippen LogP contribution is -2.53. The fourth-order valence-electron chi connectivity index (χ4n) is 10.7. The lowest BCUT2D eigenvalue weighted by molar-refractivity contribution is -0.466. The van der Waals surface area contributed by atoms with Crippen molar-refractivity contribution >= 4 is 33.8 Å². The molecule has 252 valence electrons. The Morgan fingerprint density at radius 2 is 1.80 bits per heavy atom. The minimum Gasteiger partial charge on any atom is -0.466 e. The minimum absolute atomic E-state index is 0.0447. The van der Waals surface area contributed by atoms with Gasteiger partial charge in [0.2, 0.25) is 5.69 Å². The number of hydrogen-bond donors (Lipinski definition) is 0. The zero-order valence-electron chi connectivity index (χ0n) is 29.9. The van der Waals surface area contributed by atoms with E-state index in [0.29, 0.717) is 18.9 Å². The number of para-hydroxylation sites is 1. The van der Waals surface area contributed by atoms with Crippen LogP contribution in [0.1, 0.15) is 84.8 Å². The first-order chi connectivity index (χ1) is 23.5. The highest BCUT2D eigenvalue weighted by Gasteiger charge is 2.59. The van der Waals surface area contributed by atoms with Crippen molar-refractivity contribution in [1.29, 1.82) is 0 Å². The highest BCUT2D eigenvalue weighted by molar-refractivity contribution is 6.12. The number of rotatable bonds is 5. The van der Waals surface area contributed by atoms with Gasteiger partial charge < -0.3 is 14.4 Å². The second-order valence-electron chi connectivity index (χ2n) is 16.7. The Bertz CT molecular complexity index is 2060. The van der Waals surface area contributed by atoms with E-state index in [1.807, 2.05) is 6.92 Å². The van der Waals surface area contributed by atoms with Gasteiger partial charge in [-0.2, -0.15) is 4.58 Å². The number of carbonyl (C=O) groups is 1. The van der Waals surface area contributed by atoms with Gasteiger partial charge in [0.1, 0.15) is 6.10 Å². The number of esters is 1. The van der Waals surface area contributed by atoms with Crippen LogP contribution >= 0.6 is 0 Å². The smallest absolute Gasteiger partial charge is 0.305 e. The minimum atomic E-state index is -0.166. The number of carbonyl (C=O) groups excluding carboxylic acids is 1. The molecule has 0 fully saturated rings. The Balaban J connectivity index is 1.18. The molecular formula is C44H49N2O3+. The maximum atomic E-state index is 12.4. The van der Waals surface area contributed by atoms with Crippen molar-refractivity contribution in [1.82, 2.24) is 0 Å². The van der Waals surface area contributed by atoms with E-state index in [1.54, 1.807) is 0 Å². The van der Waals surface area contributed by atoms with Crippen LogP contribution < -0.4 is 4.90 Å². The van der Waals surface area contributed by atoms with Crippen LogP contribution in [0.15, 0.2) is 95.2 Å². The summed E-state index contributed by atoms with van der Waals surface area (Å²) in [7, 11) is 0. The van der Waals surface area contributed by atoms with Crippen LogP contribution in [0.4, 0.5) is 11.4 Å². The quantitative estimate of drug-likeness (QED) is 0.204. The molecule has 6 aliphatic rings. The predicted octanol–water partition coefficient (Wildman–Crippen LogP) is 9.07. The summed E-state index contributed by atoms with van der Waals surface area (Å²) in [5.41, 5.74) is 12.1. The van der Waals surface area contributed by atoms with Crippen LogP contribution in [0.25, 0.3) is 10.8 Å². The van der Waals surface area contributed by atoms with Gasteiger partial charge in [-0.1, -0.05) is 62.4 Å². The van der Waals surface area contributed by atoms with E-state index in [1.165, 1.54) is 61.4 Å². The molecule has 4 atom stereocenters. The number of benzene rings is 3. The third kappa shape index (κ3) is 4.40. The second kappa shape index (κ2) is 10.8. The van der Waals surface area contributed by atoms with E-state index in [4.69, 9.17) is 9.47 Å². The number of hydrogen-bond acceptors (Lipinski definition) is 4. The van der Waals surface area contributed by atoms with Crippen LogP contribution in [0.3, 0.4) is 0 Å². The van der Waals surface area contributed by atoms with Crippen LogP contribution in [-0.4, -0.2) is 48.2 Å². The summed E-state index contributed by atoms with van der Waals surface area (Å²) < 4.78 is 15.2. The Labute approximate surface area is 291 Å². The van der Waals surface area contributed by atoms with E-state index in [2.05, 4.69) is 117 Å². The highest BCUT2D eigenvalue weighted by atomic mass is 16.5. The van der Waals surface area contributed by atoms with Gasteiger partial charge in [-0.15, -0.1) is 0 Å². The fourth-order valence-corrected chi connectivity index (χ4v) is 10.7. The largest absolute Gasteiger partial charge is 0.466 e. The second-order valence-corrected chi connectivity index (χ2v) is 16.7. The molecule has 5 nitrogen and oxygen atoms in total. The summed E-state index contributed by atoms with van der Waals surface area (Å²) in [6.07, 6.45) is 9.56. The van der Waals surface area contributed by atoms with Gasteiger partial charge in [0.05, 0.1) is 23.5 Å². The first-order valence-electron chi connectivity index (χ1n) is 18.6. The predicted molar refractivity (Wildman–Crippen MR) is 197 cm³/mol. The molecule has 0 radical (unpaired) electrons. The first-order valence-corrected chi connectivity index (χ1v) is 18.6. The average molecular weight is 654 g/mol. The van der Waals surface area contributed by atoms with Gasteiger partial charge >= 0.3 is 5.97 Å². The van der Waals surface area contributed by atoms with Crippen molar-refractivity contribution in [3.05, 3.63) is 106 Å². The topological polar surface area (TPSA) is 41.8 Å². The Hall–Kier alpha value is -3.96. The molecule has 49 heavy (non-hydrogen) atoms. The van der Waals surface area contributed by atoms with Crippen LogP contribution in [0, 0.1) is 11.3 Å². The third-order valence-corrected chi connectivity index (χ3v) is 12.7. The number of fused-ring (bicyclic) bond motifs is 11. The number of allylic oxidation sites excluding steroid dienone is 3. The van der Waals surface area contributed by atoms with Crippen LogP contribution in [0.5, 0.6) is 0 Å². The Morgan fingerprint density at radius 1 is 1.00 bits per heavy atom. The molecule has 9 rings (SSSR count). The Morgan fingerprint density at radius 3 is 2.63 bits per heavy atom. The van der Waals surface area contributed by atoms with Crippen molar-refractivity contribution in [3.63, 3.8) is 0 Å². The van der Waals surface area contributed by atoms with E-state index in [9.17, 15) is 4.79 Å². The van der Waals surface area contributed by atoms with E-state index in [0.717, 1.165) is 38.8 Å². The molecule has 3 aromatic carbocycles. The molecule has 0 aromatic heterocycles. The van der Waals surface area contributed by atoms with Crippen molar-refractivity contribution in [2.24, 2.45) is 11.3 Å². The van der Waals surface area contributed by atoms with Gasteiger partial charge in [0.15, 0.2) is 12.3 Å². The van der Waals surface area contributed by atoms with Crippen molar-refractivity contribution in [2.45, 2.75) is 96.7 Å². The summed E-state index contributed by atoms with van der Waals surface area (Å²) in [4.78, 5) is 15.0. The fraction of sp³-hybridized carbons (Fsp3) is 0.455. The SMILES string of the molecule is CCOC(=O)CCCC1(C)C2=C3C=C4C=C5C6=[N+](CC(C)(C)[C@@H]5O[C@@H]4C[C@@H]3CCN2c2ccccc21)c1ccc2ccccc2c1C6(C)C. The summed E-state index contributed by atoms with van der Waals surface area (Å²) in [5, 5.41) is 2.66. The molecule has 3 aromatic rings. The third-order valence-electron chi connectivity index (χ3n) is 12.7. The molecule has 5 heterocycles.